The molecule has 0 bridgehead atoms. The van der Waals surface area contributed by atoms with Crippen molar-refractivity contribution in [3.05, 3.63) is 52.2 Å². The van der Waals surface area contributed by atoms with Gasteiger partial charge in [-0.2, -0.15) is 0 Å². The maximum Gasteiger partial charge on any atom is 0.257 e. The number of anilines is 1. The molecule has 1 amide bonds. The number of carbonyl (C=O) groups is 1. The molecule has 1 fully saturated rings. The van der Waals surface area contributed by atoms with Gasteiger partial charge in [0, 0.05) is 36.3 Å². The molecule has 6 nitrogen and oxygen atoms in total. The fourth-order valence-corrected chi connectivity index (χ4v) is 4.06. The summed E-state index contributed by atoms with van der Waals surface area (Å²) in [5.41, 5.74) is 1.60. The molecule has 3 heterocycles. The van der Waals surface area contributed by atoms with Crippen LogP contribution in [0.3, 0.4) is 0 Å². The first-order valence-corrected chi connectivity index (χ1v) is 9.55. The van der Waals surface area contributed by atoms with E-state index in [-0.39, 0.29) is 11.9 Å². The number of amides is 1. The van der Waals surface area contributed by atoms with E-state index in [0.29, 0.717) is 27.6 Å². The molecule has 0 unspecified atom stereocenters. The number of thiazole rings is 1. The van der Waals surface area contributed by atoms with E-state index >= 15 is 0 Å². The molecule has 2 aromatic heterocycles. The quantitative estimate of drug-likeness (QED) is 0.736. The first kappa shape index (κ1) is 17.1. The number of carbonyl (C=O) groups excluding carboxylic acids is 1. The van der Waals surface area contributed by atoms with E-state index in [1.54, 1.807) is 30.5 Å². The summed E-state index contributed by atoms with van der Waals surface area (Å²) in [6.07, 6.45) is 2.67. The number of rotatable bonds is 4. The molecule has 8 heteroatoms. The summed E-state index contributed by atoms with van der Waals surface area (Å²) < 4.78 is 5.28. The SMILES string of the molecule is Cc1onc(-c2ccccc2Cl)c1C(=O)N[C@H]1CCN(c2nccs2)C1. The number of aromatic nitrogens is 2. The maximum absolute atomic E-state index is 12.9. The summed E-state index contributed by atoms with van der Waals surface area (Å²) in [6.45, 7) is 3.35. The number of benzene rings is 1. The zero-order valence-electron chi connectivity index (χ0n) is 14.1. The molecular weight excluding hydrogens is 372 g/mol. The van der Waals surface area contributed by atoms with Crippen molar-refractivity contribution in [1.29, 1.82) is 0 Å². The van der Waals surface area contributed by atoms with Crippen molar-refractivity contribution in [2.75, 3.05) is 18.0 Å². The lowest BCUT2D eigenvalue weighted by atomic mass is 10.1. The van der Waals surface area contributed by atoms with Gasteiger partial charge in [-0.25, -0.2) is 4.98 Å². The van der Waals surface area contributed by atoms with E-state index in [1.165, 1.54) is 0 Å². The molecule has 0 spiro atoms. The Morgan fingerprint density at radius 2 is 2.27 bits per heavy atom. The monoisotopic (exact) mass is 388 g/mol. The number of halogens is 1. The van der Waals surface area contributed by atoms with Crippen molar-refractivity contribution in [2.45, 2.75) is 19.4 Å². The third-order valence-electron chi connectivity index (χ3n) is 4.43. The lowest BCUT2D eigenvalue weighted by Crippen LogP contribution is -2.37. The predicted octanol–water partition coefficient (Wildman–Crippen LogP) is 3.77. The molecule has 1 N–H and O–H groups in total. The molecule has 1 aliphatic heterocycles. The smallest absolute Gasteiger partial charge is 0.257 e. The zero-order chi connectivity index (χ0) is 18.1. The van der Waals surface area contributed by atoms with Gasteiger partial charge >= 0.3 is 0 Å². The van der Waals surface area contributed by atoms with Crippen molar-refractivity contribution in [1.82, 2.24) is 15.5 Å². The Kier molecular flexibility index (Phi) is 4.65. The van der Waals surface area contributed by atoms with E-state index < -0.39 is 0 Å². The van der Waals surface area contributed by atoms with Crippen LogP contribution in [0.5, 0.6) is 0 Å². The van der Waals surface area contributed by atoms with Gasteiger partial charge in [-0.05, 0) is 19.4 Å². The van der Waals surface area contributed by atoms with E-state index in [4.69, 9.17) is 16.1 Å². The van der Waals surface area contributed by atoms with Crippen LogP contribution in [0, 0.1) is 6.92 Å². The molecule has 0 saturated carbocycles. The number of aryl methyl sites for hydroxylation is 1. The Hall–Kier alpha value is -2.38. The fraction of sp³-hybridized carbons (Fsp3) is 0.278. The van der Waals surface area contributed by atoms with Crippen LogP contribution in [-0.2, 0) is 0 Å². The Morgan fingerprint density at radius 1 is 1.42 bits per heavy atom. The molecule has 26 heavy (non-hydrogen) atoms. The maximum atomic E-state index is 12.9. The van der Waals surface area contributed by atoms with E-state index in [0.717, 1.165) is 24.6 Å². The molecule has 1 aromatic carbocycles. The lowest BCUT2D eigenvalue weighted by molar-refractivity contribution is 0.0939. The second-order valence-corrected chi connectivity index (χ2v) is 7.44. The van der Waals surface area contributed by atoms with Crippen LogP contribution >= 0.6 is 22.9 Å². The average Bonchev–Trinajstić information content (AvgIpc) is 3.35. The fourth-order valence-electron chi connectivity index (χ4n) is 3.16. The summed E-state index contributed by atoms with van der Waals surface area (Å²) >= 11 is 7.87. The Labute approximate surface area is 159 Å². The minimum Gasteiger partial charge on any atom is -0.360 e. The molecule has 1 saturated heterocycles. The van der Waals surface area contributed by atoms with Gasteiger partial charge in [0.1, 0.15) is 17.0 Å². The van der Waals surface area contributed by atoms with Gasteiger partial charge < -0.3 is 14.7 Å². The molecule has 3 aromatic rings. The first-order chi connectivity index (χ1) is 12.6. The highest BCUT2D eigenvalue weighted by Crippen LogP contribution is 2.31. The summed E-state index contributed by atoms with van der Waals surface area (Å²) in [5.74, 6) is 0.289. The predicted molar refractivity (Wildman–Crippen MR) is 102 cm³/mol. The van der Waals surface area contributed by atoms with Crippen LogP contribution < -0.4 is 10.2 Å². The molecule has 1 atom stereocenters. The highest BCUT2D eigenvalue weighted by molar-refractivity contribution is 7.13. The van der Waals surface area contributed by atoms with Crippen LogP contribution in [-0.4, -0.2) is 35.2 Å². The van der Waals surface area contributed by atoms with Gasteiger partial charge in [-0.1, -0.05) is 35.0 Å². The Bertz CT molecular complexity index is 925. The summed E-state index contributed by atoms with van der Waals surface area (Å²) in [4.78, 5) is 19.4. The van der Waals surface area contributed by atoms with Crippen LogP contribution in [0.25, 0.3) is 11.3 Å². The Balaban J connectivity index is 1.53. The number of hydrogen-bond acceptors (Lipinski definition) is 6. The Morgan fingerprint density at radius 3 is 3.04 bits per heavy atom. The highest BCUT2D eigenvalue weighted by atomic mass is 35.5. The van der Waals surface area contributed by atoms with Crippen molar-refractivity contribution < 1.29 is 9.32 Å². The largest absolute Gasteiger partial charge is 0.360 e. The van der Waals surface area contributed by atoms with E-state index in [9.17, 15) is 4.79 Å². The van der Waals surface area contributed by atoms with Gasteiger partial charge in [0.2, 0.25) is 0 Å². The second-order valence-electron chi connectivity index (χ2n) is 6.16. The van der Waals surface area contributed by atoms with Crippen molar-refractivity contribution in [2.24, 2.45) is 0 Å². The van der Waals surface area contributed by atoms with Crippen molar-refractivity contribution in [3.8, 4) is 11.3 Å². The minimum atomic E-state index is -0.190. The topological polar surface area (TPSA) is 71.3 Å². The molecular formula is C18H17ClN4O2S. The molecule has 0 aliphatic carbocycles. The third-order valence-corrected chi connectivity index (χ3v) is 5.59. The van der Waals surface area contributed by atoms with Gasteiger partial charge in [0.05, 0.1) is 5.02 Å². The summed E-state index contributed by atoms with van der Waals surface area (Å²) in [5, 5.41) is 10.6. The van der Waals surface area contributed by atoms with Crippen LogP contribution in [0.15, 0.2) is 40.4 Å². The summed E-state index contributed by atoms with van der Waals surface area (Å²) in [6, 6.07) is 7.35. The van der Waals surface area contributed by atoms with E-state index in [1.807, 2.05) is 23.6 Å². The van der Waals surface area contributed by atoms with Gasteiger partial charge in [0.25, 0.3) is 5.91 Å². The van der Waals surface area contributed by atoms with Crippen LogP contribution in [0.1, 0.15) is 22.5 Å². The number of nitrogens with one attached hydrogen (secondary N) is 1. The third kappa shape index (κ3) is 3.20. The van der Waals surface area contributed by atoms with Gasteiger partial charge in [0.15, 0.2) is 5.13 Å². The molecule has 0 radical (unpaired) electrons. The highest BCUT2D eigenvalue weighted by Gasteiger charge is 2.29. The normalized spacial score (nSPS) is 16.8. The minimum absolute atomic E-state index is 0.0554. The van der Waals surface area contributed by atoms with E-state index in [2.05, 4.69) is 20.4 Å². The molecule has 134 valence electrons. The standard InChI is InChI=1S/C18H17ClN4O2S/c1-11-15(16(22-25-11)13-4-2-3-5-14(13)19)17(24)21-12-6-8-23(10-12)18-20-7-9-26-18/h2-5,7,9,12H,6,8,10H2,1H3,(H,21,24)/t12-/m0/s1. The summed E-state index contributed by atoms with van der Waals surface area (Å²) in [7, 11) is 0. The van der Waals surface area contributed by atoms with Crippen molar-refractivity contribution >= 4 is 34.0 Å². The number of nitrogens with zero attached hydrogens (tertiary/aromatic N) is 3. The zero-order valence-corrected chi connectivity index (χ0v) is 15.7. The van der Waals surface area contributed by atoms with Gasteiger partial charge in [-0.15, -0.1) is 11.3 Å². The molecule has 4 rings (SSSR count). The number of hydrogen-bond donors (Lipinski definition) is 1. The first-order valence-electron chi connectivity index (χ1n) is 8.30. The average molecular weight is 389 g/mol. The second kappa shape index (κ2) is 7.09. The van der Waals surface area contributed by atoms with Gasteiger partial charge in [-0.3, -0.25) is 4.79 Å². The van der Waals surface area contributed by atoms with Crippen LogP contribution in [0.2, 0.25) is 5.02 Å². The van der Waals surface area contributed by atoms with Crippen LogP contribution in [0.4, 0.5) is 5.13 Å². The lowest BCUT2D eigenvalue weighted by Gasteiger charge is -2.16. The van der Waals surface area contributed by atoms with Crippen molar-refractivity contribution in [3.63, 3.8) is 0 Å². The molecule has 1 aliphatic rings.